The van der Waals surface area contributed by atoms with Gasteiger partial charge in [-0.1, -0.05) is 18.6 Å². The standard InChI is InChI=1S/C16H23N3O2S/c17-16(22)12-4-6-13(7-5-12)18-15(21)11-19-9-2-1-3-14(19)8-10-20/h4-7,14,20H,1-3,8-11H2,(H2,17,22)(H,18,21). The molecule has 5 nitrogen and oxygen atoms in total. The summed E-state index contributed by atoms with van der Waals surface area (Å²) < 4.78 is 0. The number of thiocarbonyl (C=S) groups is 1. The van der Waals surface area contributed by atoms with Crippen molar-refractivity contribution in [3.05, 3.63) is 29.8 Å². The zero-order valence-electron chi connectivity index (χ0n) is 12.6. The number of nitrogens with one attached hydrogen (secondary N) is 1. The molecule has 120 valence electrons. The highest BCUT2D eigenvalue weighted by molar-refractivity contribution is 7.80. The van der Waals surface area contributed by atoms with Crippen LogP contribution in [0.5, 0.6) is 0 Å². The van der Waals surface area contributed by atoms with Gasteiger partial charge in [-0.25, -0.2) is 0 Å². The van der Waals surface area contributed by atoms with Gasteiger partial charge < -0.3 is 16.2 Å². The van der Waals surface area contributed by atoms with Gasteiger partial charge in [0.25, 0.3) is 0 Å². The van der Waals surface area contributed by atoms with Crippen molar-refractivity contribution >= 4 is 28.8 Å². The van der Waals surface area contributed by atoms with E-state index in [0.29, 0.717) is 17.6 Å². The van der Waals surface area contributed by atoms with Gasteiger partial charge in [0.1, 0.15) is 4.99 Å². The van der Waals surface area contributed by atoms with Crippen LogP contribution in [0.3, 0.4) is 0 Å². The van der Waals surface area contributed by atoms with E-state index in [0.717, 1.165) is 37.1 Å². The van der Waals surface area contributed by atoms with E-state index in [9.17, 15) is 4.79 Å². The van der Waals surface area contributed by atoms with Gasteiger partial charge in [0.05, 0.1) is 6.54 Å². The number of amides is 1. The Morgan fingerprint density at radius 3 is 2.73 bits per heavy atom. The van der Waals surface area contributed by atoms with E-state index in [-0.39, 0.29) is 12.5 Å². The molecule has 0 saturated carbocycles. The predicted octanol–water partition coefficient (Wildman–Crippen LogP) is 1.50. The Balaban J connectivity index is 1.89. The van der Waals surface area contributed by atoms with Crippen molar-refractivity contribution in [1.29, 1.82) is 0 Å². The van der Waals surface area contributed by atoms with Gasteiger partial charge in [-0.2, -0.15) is 0 Å². The van der Waals surface area contributed by atoms with Gasteiger partial charge in [-0.05, 0) is 50.1 Å². The second kappa shape index (κ2) is 8.22. The summed E-state index contributed by atoms with van der Waals surface area (Å²) in [5.41, 5.74) is 7.07. The zero-order valence-corrected chi connectivity index (χ0v) is 13.4. The fraction of sp³-hybridized carbons (Fsp3) is 0.500. The van der Waals surface area contributed by atoms with Crippen molar-refractivity contribution in [2.45, 2.75) is 31.7 Å². The minimum atomic E-state index is -0.0343. The van der Waals surface area contributed by atoms with Gasteiger partial charge in [-0.15, -0.1) is 0 Å². The second-order valence-corrected chi connectivity index (χ2v) is 6.06. The molecule has 1 amide bonds. The molecule has 0 radical (unpaired) electrons. The number of piperidine rings is 1. The monoisotopic (exact) mass is 321 g/mol. The molecule has 2 rings (SSSR count). The van der Waals surface area contributed by atoms with Crippen LogP contribution in [0.2, 0.25) is 0 Å². The van der Waals surface area contributed by atoms with Crippen LogP contribution in [-0.2, 0) is 4.79 Å². The van der Waals surface area contributed by atoms with E-state index in [2.05, 4.69) is 10.2 Å². The normalized spacial score (nSPS) is 18.9. The van der Waals surface area contributed by atoms with Crippen molar-refractivity contribution < 1.29 is 9.90 Å². The lowest BCUT2D eigenvalue weighted by atomic mass is 9.99. The molecule has 4 N–H and O–H groups in total. The van der Waals surface area contributed by atoms with Gasteiger partial charge in [0.2, 0.25) is 5.91 Å². The summed E-state index contributed by atoms with van der Waals surface area (Å²) in [5, 5.41) is 12.0. The lowest BCUT2D eigenvalue weighted by molar-refractivity contribution is -0.118. The van der Waals surface area contributed by atoms with Crippen molar-refractivity contribution in [3.63, 3.8) is 0 Å². The van der Waals surface area contributed by atoms with E-state index >= 15 is 0 Å². The maximum absolute atomic E-state index is 12.2. The number of likely N-dealkylation sites (tertiary alicyclic amines) is 1. The van der Waals surface area contributed by atoms with Crippen LogP contribution in [0.25, 0.3) is 0 Å². The Hall–Kier alpha value is -1.50. The molecule has 22 heavy (non-hydrogen) atoms. The smallest absolute Gasteiger partial charge is 0.238 e. The highest BCUT2D eigenvalue weighted by atomic mass is 32.1. The van der Waals surface area contributed by atoms with Gasteiger partial charge in [0, 0.05) is 23.9 Å². The van der Waals surface area contributed by atoms with Crippen molar-refractivity contribution in [3.8, 4) is 0 Å². The van der Waals surface area contributed by atoms with Crippen LogP contribution in [0, 0.1) is 0 Å². The van der Waals surface area contributed by atoms with Crippen LogP contribution in [0.15, 0.2) is 24.3 Å². The van der Waals surface area contributed by atoms with Crippen LogP contribution in [0.1, 0.15) is 31.2 Å². The maximum atomic E-state index is 12.2. The van der Waals surface area contributed by atoms with Crippen LogP contribution in [0.4, 0.5) is 5.69 Å². The third-order valence-electron chi connectivity index (χ3n) is 4.01. The lowest BCUT2D eigenvalue weighted by Gasteiger charge is -2.34. The number of carbonyl (C=O) groups excluding carboxylic acids is 1. The van der Waals surface area contributed by atoms with E-state index in [1.165, 1.54) is 6.42 Å². The zero-order chi connectivity index (χ0) is 15.9. The molecular formula is C16H23N3O2S. The van der Waals surface area contributed by atoms with E-state index < -0.39 is 0 Å². The molecule has 1 saturated heterocycles. The molecule has 6 heteroatoms. The molecule has 1 atom stereocenters. The number of aliphatic hydroxyl groups excluding tert-OH is 1. The van der Waals surface area contributed by atoms with Crippen LogP contribution >= 0.6 is 12.2 Å². The first kappa shape index (κ1) is 16.9. The third kappa shape index (κ3) is 4.76. The fourth-order valence-corrected chi connectivity index (χ4v) is 2.98. The van der Waals surface area contributed by atoms with Crippen molar-refractivity contribution in [2.75, 3.05) is 25.0 Å². The molecule has 1 aliphatic heterocycles. The van der Waals surface area contributed by atoms with Gasteiger partial charge in [-0.3, -0.25) is 9.69 Å². The van der Waals surface area contributed by atoms with E-state index in [1.807, 2.05) is 0 Å². The number of rotatable bonds is 6. The SMILES string of the molecule is NC(=S)c1ccc(NC(=O)CN2CCCCC2CCO)cc1. The quantitative estimate of drug-likeness (QED) is 0.692. The molecule has 0 bridgehead atoms. The summed E-state index contributed by atoms with van der Waals surface area (Å²) in [5.74, 6) is -0.0343. The molecule has 1 aromatic carbocycles. The molecule has 0 spiro atoms. The summed E-state index contributed by atoms with van der Waals surface area (Å²) in [7, 11) is 0. The second-order valence-electron chi connectivity index (χ2n) is 5.62. The number of aliphatic hydroxyl groups is 1. The predicted molar refractivity (Wildman–Crippen MR) is 91.9 cm³/mol. The third-order valence-corrected chi connectivity index (χ3v) is 4.25. The summed E-state index contributed by atoms with van der Waals surface area (Å²) >= 11 is 4.90. The Morgan fingerprint density at radius 1 is 1.36 bits per heavy atom. The number of benzene rings is 1. The highest BCUT2D eigenvalue weighted by Crippen LogP contribution is 2.19. The van der Waals surface area contributed by atoms with Crippen molar-refractivity contribution in [2.24, 2.45) is 5.73 Å². The molecule has 1 unspecified atom stereocenters. The minimum absolute atomic E-state index is 0.0343. The minimum Gasteiger partial charge on any atom is -0.396 e. The van der Waals surface area contributed by atoms with Gasteiger partial charge >= 0.3 is 0 Å². The molecule has 1 aliphatic rings. The first-order chi connectivity index (χ1) is 10.6. The molecule has 1 heterocycles. The molecule has 0 aliphatic carbocycles. The van der Waals surface area contributed by atoms with Crippen LogP contribution in [-0.4, -0.2) is 46.6 Å². The Morgan fingerprint density at radius 2 is 2.09 bits per heavy atom. The summed E-state index contributed by atoms with van der Waals surface area (Å²) in [6.45, 7) is 1.45. The van der Waals surface area contributed by atoms with E-state index in [4.69, 9.17) is 23.1 Å². The molecule has 1 aromatic rings. The average Bonchev–Trinajstić information content (AvgIpc) is 2.50. The van der Waals surface area contributed by atoms with E-state index in [1.54, 1.807) is 24.3 Å². The number of nitrogens with zero attached hydrogens (tertiary/aromatic N) is 1. The number of hydrogen-bond acceptors (Lipinski definition) is 4. The summed E-state index contributed by atoms with van der Waals surface area (Å²) in [6.07, 6.45) is 4.06. The van der Waals surface area contributed by atoms with Crippen LogP contribution < -0.4 is 11.1 Å². The largest absolute Gasteiger partial charge is 0.396 e. The fourth-order valence-electron chi connectivity index (χ4n) is 2.85. The number of carbonyl (C=O) groups is 1. The van der Waals surface area contributed by atoms with Crippen molar-refractivity contribution in [1.82, 2.24) is 4.90 Å². The Bertz CT molecular complexity index is 517. The molecule has 1 fully saturated rings. The summed E-state index contributed by atoms with van der Waals surface area (Å²) in [6, 6.07) is 7.50. The van der Waals surface area contributed by atoms with Gasteiger partial charge in [0.15, 0.2) is 0 Å². The number of nitrogens with two attached hydrogens (primary N) is 1. The topological polar surface area (TPSA) is 78.6 Å². The first-order valence-corrected chi connectivity index (χ1v) is 8.05. The summed E-state index contributed by atoms with van der Waals surface area (Å²) in [4.78, 5) is 14.7. The lowest BCUT2D eigenvalue weighted by Crippen LogP contribution is -2.44. The highest BCUT2D eigenvalue weighted by Gasteiger charge is 2.23. The Kier molecular flexibility index (Phi) is 6.30. The maximum Gasteiger partial charge on any atom is 0.238 e. The Labute approximate surface area is 136 Å². The number of anilines is 1. The first-order valence-electron chi connectivity index (χ1n) is 7.65. The number of hydrogen-bond donors (Lipinski definition) is 3. The molecular weight excluding hydrogens is 298 g/mol. The average molecular weight is 321 g/mol. The molecule has 0 aromatic heterocycles.